The zero-order chi connectivity index (χ0) is 15.4. The van der Waals surface area contributed by atoms with Gasteiger partial charge in [0.25, 0.3) is 0 Å². The predicted octanol–water partition coefficient (Wildman–Crippen LogP) is 3.97. The van der Waals surface area contributed by atoms with E-state index in [-0.39, 0.29) is 6.04 Å². The summed E-state index contributed by atoms with van der Waals surface area (Å²) >= 11 is 0. The molecule has 0 bridgehead atoms. The zero-order valence-corrected chi connectivity index (χ0v) is 12.8. The lowest BCUT2D eigenvalue weighted by molar-refractivity contribution is 0.1000. The Hall–Kier alpha value is -2.29. The van der Waals surface area contributed by atoms with Crippen LogP contribution in [0.1, 0.15) is 46.4 Å². The predicted molar refractivity (Wildman–Crippen MR) is 87.5 cm³/mol. The number of aryl methyl sites for hydroxylation is 2. The highest BCUT2D eigenvalue weighted by atomic mass is 16.1. The largest absolute Gasteiger partial charge is 0.378 e. The Balaban J connectivity index is 2.22. The number of primary amides is 1. The van der Waals surface area contributed by atoms with Crippen LogP contribution in [0, 0.1) is 13.8 Å². The number of hydrogen-bond donors (Lipinski definition) is 2. The van der Waals surface area contributed by atoms with Gasteiger partial charge in [-0.25, -0.2) is 0 Å². The SMILES string of the molecule is CCC(Nc1ccc(C(N)=O)cc1C)c1ccc(C)cc1. The van der Waals surface area contributed by atoms with Crippen LogP contribution in [0.5, 0.6) is 0 Å². The molecule has 0 aliphatic rings. The summed E-state index contributed by atoms with van der Waals surface area (Å²) in [5.41, 5.74) is 10.4. The number of carbonyl (C=O) groups excluding carboxylic acids is 1. The Morgan fingerprint density at radius 1 is 1.14 bits per heavy atom. The first-order valence-electron chi connectivity index (χ1n) is 7.24. The van der Waals surface area contributed by atoms with E-state index in [9.17, 15) is 4.79 Å². The van der Waals surface area contributed by atoms with Gasteiger partial charge in [0.1, 0.15) is 0 Å². The highest BCUT2D eigenvalue weighted by molar-refractivity contribution is 5.93. The minimum atomic E-state index is -0.393. The van der Waals surface area contributed by atoms with E-state index in [0.29, 0.717) is 5.56 Å². The molecule has 1 unspecified atom stereocenters. The lowest BCUT2D eigenvalue weighted by Crippen LogP contribution is -2.13. The molecule has 0 saturated carbocycles. The maximum absolute atomic E-state index is 11.2. The van der Waals surface area contributed by atoms with E-state index in [4.69, 9.17) is 5.73 Å². The molecule has 3 nitrogen and oxygen atoms in total. The number of benzene rings is 2. The number of carbonyl (C=O) groups is 1. The minimum absolute atomic E-state index is 0.253. The molecule has 0 aliphatic carbocycles. The van der Waals surface area contributed by atoms with Crippen LogP contribution in [0.4, 0.5) is 5.69 Å². The molecule has 3 heteroatoms. The van der Waals surface area contributed by atoms with E-state index in [0.717, 1.165) is 17.7 Å². The van der Waals surface area contributed by atoms with Crippen LogP contribution >= 0.6 is 0 Å². The van der Waals surface area contributed by atoms with Gasteiger partial charge in [0, 0.05) is 11.3 Å². The molecule has 0 aromatic heterocycles. The maximum Gasteiger partial charge on any atom is 0.248 e. The molecule has 0 spiro atoms. The van der Waals surface area contributed by atoms with Gasteiger partial charge in [-0.15, -0.1) is 0 Å². The highest BCUT2D eigenvalue weighted by Crippen LogP contribution is 2.25. The molecule has 3 N–H and O–H groups in total. The molecule has 110 valence electrons. The molecule has 0 saturated heterocycles. The summed E-state index contributed by atoms with van der Waals surface area (Å²) in [6, 6.07) is 14.3. The third-order valence-electron chi connectivity index (χ3n) is 3.73. The first-order valence-corrected chi connectivity index (χ1v) is 7.24. The molecule has 2 aromatic carbocycles. The lowest BCUT2D eigenvalue weighted by atomic mass is 10.0. The van der Waals surface area contributed by atoms with Crippen LogP contribution in [-0.2, 0) is 0 Å². The van der Waals surface area contributed by atoms with Gasteiger partial charge in [-0.05, 0) is 49.6 Å². The van der Waals surface area contributed by atoms with Gasteiger partial charge in [-0.3, -0.25) is 4.79 Å². The normalized spacial score (nSPS) is 12.0. The molecule has 0 radical (unpaired) electrons. The first-order chi connectivity index (χ1) is 10.0. The second-order valence-corrected chi connectivity index (χ2v) is 5.41. The van der Waals surface area contributed by atoms with E-state index in [1.807, 2.05) is 19.1 Å². The number of anilines is 1. The summed E-state index contributed by atoms with van der Waals surface area (Å²) < 4.78 is 0. The third kappa shape index (κ3) is 3.63. The molecule has 0 fully saturated rings. The van der Waals surface area contributed by atoms with Crippen LogP contribution in [0.2, 0.25) is 0 Å². The van der Waals surface area contributed by atoms with Crippen molar-refractivity contribution in [3.63, 3.8) is 0 Å². The summed E-state index contributed by atoms with van der Waals surface area (Å²) in [7, 11) is 0. The van der Waals surface area contributed by atoms with E-state index in [2.05, 4.69) is 43.4 Å². The number of amides is 1. The van der Waals surface area contributed by atoms with E-state index in [1.165, 1.54) is 11.1 Å². The zero-order valence-electron chi connectivity index (χ0n) is 12.8. The van der Waals surface area contributed by atoms with Crippen LogP contribution < -0.4 is 11.1 Å². The van der Waals surface area contributed by atoms with Crippen LogP contribution in [0.3, 0.4) is 0 Å². The Morgan fingerprint density at radius 2 is 1.81 bits per heavy atom. The van der Waals surface area contributed by atoms with Gasteiger partial charge in [0.05, 0.1) is 6.04 Å². The summed E-state index contributed by atoms with van der Waals surface area (Å²) in [6.07, 6.45) is 0.986. The summed E-state index contributed by atoms with van der Waals surface area (Å²) in [5.74, 6) is -0.393. The Labute approximate surface area is 126 Å². The van der Waals surface area contributed by atoms with Crippen LogP contribution in [0.15, 0.2) is 42.5 Å². The second kappa shape index (κ2) is 6.44. The molecule has 1 atom stereocenters. The third-order valence-corrected chi connectivity index (χ3v) is 3.73. The number of nitrogens with one attached hydrogen (secondary N) is 1. The molecule has 0 aliphatic heterocycles. The summed E-state index contributed by atoms with van der Waals surface area (Å²) in [4.78, 5) is 11.2. The van der Waals surface area contributed by atoms with Crippen molar-refractivity contribution >= 4 is 11.6 Å². The van der Waals surface area contributed by atoms with E-state index < -0.39 is 5.91 Å². The van der Waals surface area contributed by atoms with Crippen molar-refractivity contribution in [2.75, 3.05) is 5.32 Å². The Bertz CT molecular complexity index is 632. The Kier molecular flexibility index (Phi) is 4.63. The van der Waals surface area contributed by atoms with Crippen molar-refractivity contribution in [2.24, 2.45) is 5.73 Å². The summed E-state index contributed by atoms with van der Waals surface area (Å²) in [5, 5.41) is 3.55. The molecule has 2 aromatic rings. The van der Waals surface area contributed by atoms with Crippen molar-refractivity contribution in [1.82, 2.24) is 0 Å². The summed E-state index contributed by atoms with van der Waals surface area (Å²) in [6.45, 7) is 6.23. The number of nitrogens with two attached hydrogens (primary N) is 1. The van der Waals surface area contributed by atoms with Crippen molar-refractivity contribution in [2.45, 2.75) is 33.2 Å². The minimum Gasteiger partial charge on any atom is -0.378 e. The van der Waals surface area contributed by atoms with Crippen LogP contribution in [-0.4, -0.2) is 5.91 Å². The van der Waals surface area contributed by atoms with Crippen molar-refractivity contribution < 1.29 is 4.79 Å². The van der Waals surface area contributed by atoms with Gasteiger partial charge < -0.3 is 11.1 Å². The number of rotatable bonds is 5. The van der Waals surface area contributed by atoms with Gasteiger partial charge in [0.15, 0.2) is 0 Å². The van der Waals surface area contributed by atoms with Gasteiger partial charge in [-0.1, -0.05) is 36.8 Å². The Morgan fingerprint density at radius 3 is 2.33 bits per heavy atom. The fourth-order valence-electron chi connectivity index (χ4n) is 2.39. The molecule has 1 amide bonds. The first kappa shape index (κ1) is 15.1. The van der Waals surface area contributed by atoms with Crippen molar-refractivity contribution in [3.8, 4) is 0 Å². The second-order valence-electron chi connectivity index (χ2n) is 5.41. The van der Waals surface area contributed by atoms with Gasteiger partial charge in [-0.2, -0.15) is 0 Å². The highest BCUT2D eigenvalue weighted by Gasteiger charge is 2.11. The van der Waals surface area contributed by atoms with E-state index in [1.54, 1.807) is 6.07 Å². The molecule has 2 rings (SSSR count). The average molecular weight is 282 g/mol. The standard InChI is InChI=1S/C18H22N2O/c1-4-16(14-7-5-12(2)6-8-14)20-17-10-9-15(18(19)21)11-13(17)3/h5-11,16,20H,4H2,1-3H3,(H2,19,21). The molecular formula is C18H22N2O. The fourth-order valence-corrected chi connectivity index (χ4v) is 2.39. The van der Waals surface area contributed by atoms with Gasteiger partial charge in [0.2, 0.25) is 5.91 Å². The molecule has 0 heterocycles. The lowest BCUT2D eigenvalue weighted by Gasteiger charge is -2.20. The van der Waals surface area contributed by atoms with E-state index >= 15 is 0 Å². The average Bonchev–Trinajstić information content (AvgIpc) is 2.47. The topological polar surface area (TPSA) is 55.1 Å². The monoisotopic (exact) mass is 282 g/mol. The van der Waals surface area contributed by atoms with Crippen molar-refractivity contribution in [1.29, 1.82) is 0 Å². The smallest absolute Gasteiger partial charge is 0.248 e. The maximum atomic E-state index is 11.2. The quantitative estimate of drug-likeness (QED) is 0.872. The fraction of sp³-hybridized carbons (Fsp3) is 0.278. The van der Waals surface area contributed by atoms with Gasteiger partial charge >= 0.3 is 0 Å². The molecule has 21 heavy (non-hydrogen) atoms. The number of hydrogen-bond acceptors (Lipinski definition) is 2. The molecular weight excluding hydrogens is 260 g/mol. The van der Waals surface area contributed by atoms with Crippen LogP contribution in [0.25, 0.3) is 0 Å². The van der Waals surface area contributed by atoms with Crippen molar-refractivity contribution in [3.05, 3.63) is 64.7 Å².